The van der Waals surface area contributed by atoms with Crippen LogP contribution in [0, 0.1) is 20.8 Å². The fraction of sp³-hybridized carbons (Fsp3) is 0.391. The molecule has 30 heavy (non-hydrogen) atoms. The van der Waals surface area contributed by atoms with Crippen molar-refractivity contribution in [3.05, 3.63) is 52.6 Å². The third kappa shape index (κ3) is 6.22. The van der Waals surface area contributed by atoms with Gasteiger partial charge in [0.1, 0.15) is 0 Å². The van der Waals surface area contributed by atoms with E-state index in [4.69, 9.17) is 9.47 Å². The van der Waals surface area contributed by atoms with Gasteiger partial charge in [0.15, 0.2) is 11.5 Å². The zero-order valence-electron chi connectivity index (χ0n) is 18.6. The average Bonchev–Trinajstić information content (AvgIpc) is 2.70. The lowest BCUT2D eigenvalue weighted by molar-refractivity contribution is -0.124. The molecule has 0 aromatic heterocycles. The Labute approximate surface area is 178 Å². The molecule has 7 nitrogen and oxygen atoms in total. The predicted molar refractivity (Wildman–Crippen MR) is 118 cm³/mol. The number of aryl methyl sites for hydroxylation is 3. The largest absolute Gasteiger partial charge is 0.493 e. The second kappa shape index (κ2) is 10.6. The molecule has 0 bridgehead atoms. The Morgan fingerprint density at radius 3 is 2.13 bits per heavy atom. The van der Waals surface area contributed by atoms with Gasteiger partial charge in [0.05, 0.1) is 27.3 Å². The highest BCUT2D eigenvalue weighted by atomic mass is 16.5. The number of para-hydroxylation sites is 1. The lowest BCUT2D eigenvalue weighted by Gasteiger charge is -2.19. The molecule has 0 spiro atoms. The molecule has 0 radical (unpaired) electrons. The quantitative estimate of drug-likeness (QED) is 0.661. The van der Waals surface area contributed by atoms with Gasteiger partial charge in [-0.2, -0.15) is 0 Å². The number of anilines is 1. The lowest BCUT2D eigenvalue weighted by Crippen LogP contribution is -2.39. The third-order valence-electron chi connectivity index (χ3n) is 4.89. The summed E-state index contributed by atoms with van der Waals surface area (Å²) >= 11 is 0. The fourth-order valence-corrected chi connectivity index (χ4v) is 3.21. The van der Waals surface area contributed by atoms with Crippen molar-refractivity contribution in [3.8, 4) is 11.5 Å². The monoisotopic (exact) mass is 413 g/mol. The first kappa shape index (κ1) is 23.2. The summed E-state index contributed by atoms with van der Waals surface area (Å²) in [5, 5.41) is 5.54. The van der Waals surface area contributed by atoms with Crippen LogP contribution in [0.2, 0.25) is 0 Å². The van der Waals surface area contributed by atoms with Gasteiger partial charge in [0.25, 0.3) is 0 Å². The molecule has 0 saturated heterocycles. The Balaban J connectivity index is 1.87. The van der Waals surface area contributed by atoms with Crippen LogP contribution in [0.1, 0.15) is 22.3 Å². The van der Waals surface area contributed by atoms with Gasteiger partial charge < -0.3 is 20.1 Å². The maximum Gasteiger partial charge on any atom is 0.243 e. The van der Waals surface area contributed by atoms with Crippen LogP contribution in [0.5, 0.6) is 11.5 Å². The zero-order chi connectivity index (χ0) is 22.3. The summed E-state index contributed by atoms with van der Waals surface area (Å²) in [6.07, 6.45) is 0. The van der Waals surface area contributed by atoms with E-state index in [2.05, 4.69) is 10.6 Å². The van der Waals surface area contributed by atoms with E-state index in [1.807, 2.05) is 63.1 Å². The highest BCUT2D eigenvalue weighted by molar-refractivity contribution is 5.95. The molecular formula is C23H31N3O4. The van der Waals surface area contributed by atoms with E-state index in [0.29, 0.717) is 18.0 Å². The van der Waals surface area contributed by atoms with E-state index in [9.17, 15) is 9.59 Å². The molecule has 0 heterocycles. The number of carbonyl (C=O) groups is 2. The Kier molecular flexibility index (Phi) is 8.24. The summed E-state index contributed by atoms with van der Waals surface area (Å²) in [5.41, 5.74) is 4.85. The summed E-state index contributed by atoms with van der Waals surface area (Å²) in [6, 6.07) is 9.65. The van der Waals surface area contributed by atoms with Crippen molar-refractivity contribution >= 4 is 17.5 Å². The molecule has 0 aliphatic rings. The normalized spacial score (nSPS) is 10.6. The molecule has 0 atom stereocenters. The number of rotatable bonds is 9. The molecule has 0 saturated carbocycles. The first-order valence-electron chi connectivity index (χ1n) is 9.78. The lowest BCUT2D eigenvalue weighted by atomic mass is 10.1. The van der Waals surface area contributed by atoms with Gasteiger partial charge in [0, 0.05) is 12.2 Å². The summed E-state index contributed by atoms with van der Waals surface area (Å²) < 4.78 is 10.7. The second-order valence-electron chi connectivity index (χ2n) is 7.40. The number of hydrogen-bond acceptors (Lipinski definition) is 5. The number of benzene rings is 2. The zero-order valence-corrected chi connectivity index (χ0v) is 18.6. The standard InChI is InChI=1S/C23H31N3O4/c1-15-8-7-9-16(2)23(15)25-21(27)12-24-22(28)14-26(4)13-18-11-20(30-6)19(29-5)10-17(18)3/h7-11H,12-14H2,1-6H3,(H,24,28)(H,25,27). The minimum absolute atomic E-state index is 0.0736. The molecule has 2 aromatic rings. The third-order valence-corrected chi connectivity index (χ3v) is 4.89. The van der Waals surface area contributed by atoms with Crippen LogP contribution in [-0.4, -0.2) is 51.1 Å². The van der Waals surface area contributed by atoms with E-state index in [-0.39, 0.29) is 24.9 Å². The molecule has 0 unspecified atom stereocenters. The molecule has 7 heteroatoms. The second-order valence-corrected chi connectivity index (χ2v) is 7.40. The van der Waals surface area contributed by atoms with Crippen molar-refractivity contribution in [2.75, 3.05) is 39.7 Å². The fourth-order valence-electron chi connectivity index (χ4n) is 3.21. The van der Waals surface area contributed by atoms with Crippen LogP contribution >= 0.6 is 0 Å². The first-order valence-corrected chi connectivity index (χ1v) is 9.78. The van der Waals surface area contributed by atoms with E-state index >= 15 is 0 Å². The Bertz CT molecular complexity index is 891. The number of likely N-dealkylation sites (N-methyl/N-ethyl adjacent to an activating group) is 1. The summed E-state index contributed by atoms with van der Waals surface area (Å²) in [7, 11) is 5.05. The number of amides is 2. The molecule has 0 fully saturated rings. The van der Waals surface area contributed by atoms with Gasteiger partial charge in [-0.15, -0.1) is 0 Å². The van der Waals surface area contributed by atoms with Gasteiger partial charge in [-0.3, -0.25) is 14.5 Å². The molecular weight excluding hydrogens is 382 g/mol. The highest BCUT2D eigenvalue weighted by Crippen LogP contribution is 2.30. The highest BCUT2D eigenvalue weighted by Gasteiger charge is 2.14. The van der Waals surface area contributed by atoms with Crippen molar-refractivity contribution in [1.29, 1.82) is 0 Å². The van der Waals surface area contributed by atoms with Crippen LogP contribution in [0.3, 0.4) is 0 Å². The van der Waals surface area contributed by atoms with E-state index in [0.717, 1.165) is 27.9 Å². The molecule has 162 valence electrons. The number of ether oxygens (including phenoxy) is 2. The van der Waals surface area contributed by atoms with Crippen LogP contribution in [0.4, 0.5) is 5.69 Å². The maximum atomic E-state index is 12.3. The Hall–Kier alpha value is -3.06. The Morgan fingerprint density at radius 1 is 0.933 bits per heavy atom. The molecule has 2 rings (SSSR count). The average molecular weight is 414 g/mol. The van der Waals surface area contributed by atoms with Gasteiger partial charge in [0.2, 0.25) is 11.8 Å². The van der Waals surface area contributed by atoms with Crippen molar-refractivity contribution < 1.29 is 19.1 Å². The van der Waals surface area contributed by atoms with Crippen molar-refractivity contribution in [1.82, 2.24) is 10.2 Å². The first-order chi connectivity index (χ1) is 14.2. The number of hydrogen-bond donors (Lipinski definition) is 2. The smallest absolute Gasteiger partial charge is 0.243 e. The number of carbonyl (C=O) groups excluding carboxylic acids is 2. The van der Waals surface area contributed by atoms with Crippen molar-refractivity contribution in [3.63, 3.8) is 0 Å². The SMILES string of the molecule is COc1cc(C)c(CN(C)CC(=O)NCC(=O)Nc2c(C)cccc2C)cc1OC. The molecule has 0 aliphatic carbocycles. The summed E-state index contributed by atoms with van der Waals surface area (Å²) in [6.45, 7) is 6.52. The van der Waals surface area contributed by atoms with Crippen LogP contribution in [0.15, 0.2) is 30.3 Å². The predicted octanol–water partition coefficient (Wildman–Crippen LogP) is 2.82. The minimum atomic E-state index is -0.251. The van der Waals surface area contributed by atoms with Crippen LogP contribution in [-0.2, 0) is 16.1 Å². The summed E-state index contributed by atoms with van der Waals surface area (Å²) in [4.78, 5) is 26.4. The Morgan fingerprint density at radius 2 is 1.53 bits per heavy atom. The van der Waals surface area contributed by atoms with Crippen molar-refractivity contribution in [2.24, 2.45) is 0 Å². The van der Waals surface area contributed by atoms with E-state index in [1.54, 1.807) is 14.2 Å². The minimum Gasteiger partial charge on any atom is -0.493 e. The van der Waals surface area contributed by atoms with Gasteiger partial charge in [-0.1, -0.05) is 18.2 Å². The molecule has 2 amide bonds. The number of methoxy groups -OCH3 is 2. The number of nitrogens with zero attached hydrogens (tertiary/aromatic N) is 1. The summed E-state index contributed by atoms with van der Waals surface area (Å²) in [5.74, 6) is 0.861. The van der Waals surface area contributed by atoms with Crippen LogP contribution in [0.25, 0.3) is 0 Å². The van der Waals surface area contributed by atoms with E-state index in [1.165, 1.54) is 0 Å². The molecule has 2 N–H and O–H groups in total. The van der Waals surface area contributed by atoms with Gasteiger partial charge in [-0.25, -0.2) is 0 Å². The topological polar surface area (TPSA) is 79.9 Å². The van der Waals surface area contributed by atoms with Gasteiger partial charge >= 0.3 is 0 Å². The molecule has 0 aliphatic heterocycles. The van der Waals surface area contributed by atoms with Crippen molar-refractivity contribution in [2.45, 2.75) is 27.3 Å². The van der Waals surface area contributed by atoms with Crippen LogP contribution < -0.4 is 20.1 Å². The number of nitrogens with one attached hydrogen (secondary N) is 2. The molecule has 2 aromatic carbocycles. The van der Waals surface area contributed by atoms with E-state index < -0.39 is 0 Å². The maximum absolute atomic E-state index is 12.3. The van der Waals surface area contributed by atoms with Gasteiger partial charge in [-0.05, 0) is 62.2 Å².